The lowest BCUT2D eigenvalue weighted by atomic mass is 10.2. The smallest absolute Gasteiger partial charge is 0.410 e. The summed E-state index contributed by atoms with van der Waals surface area (Å²) < 4.78 is 39.3. The Bertz CT molecular complexity index is 210. The Morgan fingerprint density at radius 1 is 1.23 bits per heavy atom. The SMILES string of the molecule is CC(C)(C)OC(=O)C=CC(F)(F)F. The van der Waals surface area contributed by atoms with Crippen molar-refractivity contribution in [3.8, 4) is 0 Å². The number of hydrogen-bond acceptors (Lipinski definition) is 2. The highest BCUT2D eigenvalue weighted by Gasteiger charge is 2.23. The summed E-state index contributed by atoms with van der Waals surface area (Å²) in [5.74, 6) is -0.996. The van der Waals surface area contributed by atoms with Gasteiger partial charge in [0.25, 0.3) is 0 Å². The van der Waals surface area contributed by atoms with Crippen LogP contribution in [0.2, 0.25) is 0 Å². The lowest BCUT2D eigenvalue weighted by Crippen LogP contribution is -2.22. The quantitative estimate of drug-likeness (QED) is 0.475. The third kappa shape index (κ3) is 8.91. The largest absolute Gasteiger partial charge is 0.457 e. The number of rotatable bonds is 1. The van der Waals surface area contributed by atoms with Gasteiger partial charge in [0, 0.05) is 12.2 Å². The van der Waals surface area contributed by atoms with Crippen molar-refractivity contribution in [2.75, 3.05) is 0 Å². The average Bonchev–Trinajstić information content (AvgIpc) is 1.78. The van der Waals surface area contributed by atoms with Crippen LogP contribution in [0.25, 0.3) is 0 Å². The zero-order valence-corrected chi connectivity index (χ0v) is 7.61. The Kier molecular flexibility index (Phi) is 3.51. The van der Waals surface area contributed by atoms with Crippen LogP contribution < -0.4 is 0 Å². The first-order valence-corrected chi connectivity index (χ1v) is 3.59. The molecule has 13 heavy (non-hydrogen) atoms. The first kappa shape index (κ1) is 12.0. The van der Waals surface area contributed by atoms with Gasteiger partial charge in [0.05, 0.1) is 0 Å². The minimum Gasteiger partial charge on any atom is -0.457 e. The summed E-state index contributed by atoms with van der Waals surface area (Å²) in [7, 11) is 0. The van der Waals surface area contributed by atoms with Crippen LogP contribution in [0.4, 0.5) is 13.2 Å². The predicted octanol–water partition coefficient (Wildman–Crippen LogP) is 2.45. The molecule has 0 rings (SSSR count). The molecular formula is C8H11F3O2. The normalized spacial score (nSPS) is 13.4. The van der Waals surface area contributed by atoms with Gasteiger partial charge in [-0.05, 0) is 20.8 Å². The van der Waals surface area contributed by atoms with Gasteiger partial charge >= 0.3 is 12.1 Å². The van der Waals surface area contributed by atoms with Crippen LogP contribution in [0.5, 0.6) is 0 Å². The Balaban J connectivity index is 4.11. The van der Waals surface area contributed by atoms with E-state index in [0.717, 1.165) is 0 Å². The second kappa shape index (κ2) is 3.81. The van der Waals surface area contributed by atoms with E-state index in [1.54, 1.807) is 20.8 Å². The van der Waals surface area contributed by atoms with Crippen LogP contribution in [0.15, 0.2) is 12.2 Å². The molecule has 0 bridgehead atoms. The Labute approximate surface area is 74.4 Å². The van der Waals surface area contributed by atoms with Gasteiger partial charge in [-0.2, -0.15) is 13.2 Å². The van der Waals surface area contributed by atoms with Crippen LogP contribution in [0.1, 0.15) is 20.8 Å². The number of esters is 1. The fourth-order valence-electron chi connectivity index (χ4n) is 0.498. The molecule has 0 unspecified atom stereocenters. The third-order valence-corrected chi connectivity index (χ3v) is 0.815. The second-order valence-electron chi connectivity index (χ2n) is 3.41. The molecule has 0 fully saturated rings. The lowest BCUT2D eigenvalue weighted by molar-refractivity contribution is -0.149. The van der Waals surface area contributed by atoms with Crippen molar-refractivity contribution in [3.63, 3.8) is 0 Å². The first-order chi connectivity index (χ1) is 5.60. The monoisotopic (exact) mass is 196 g/mol. The van der Waals surface area contributed by atoms with Crippen molar-refractivity contribution in [2.24, 2.45) is 0 Å². The molecule has 76 valence electrons. The van der Waals surface area contributed by atoms with Crippen LogP contribution in [-0.4, -0.2) is 17.7 Å². The van der Waals surface area contributed by atoms with E-state index in [4.69, 9.17) is 0 Å². The van der Waals surface area contributed by atoms with E-state index >= 15 is 0 Å². The summed E-state index contributed by atoms with van der Waals surface area (Å²) in [5, 5.41) is 0. The number of hydrogen-bond donors (Lipinski definition) is 0. The fraction of sp³-hybridized carbons (Fsp3) is 0.625. The van der Waals surface area contributed by atoms with Gasteiger partial charge in [-0.25, -0.2) is 4.79 Å². The van der Waals surface area contributed by atoms with E-state index in [1.807, 2.05) is 0 Å². The van der Waals surface area contributed by atoms with E-state index in [2.05, 4.69) is 4.74 Å². The number of carbonyl (C=O) groups is 1. The summed E-state index contributed by atoms with van der Waals surface area (Å²) >= 11 is 0. The molecule has 0 aromatic carbocycles. The number of halogens is 3. The molecule has 0 radical (unpaired) electrons. The van der Waals surface area contributed by atoms with Crippen molar-refractivity contribution in [2.45, 2.75) is 32.5 Å². The minimum atomic E-state index is -4.48. The molecule has 2 nitrogen and oxygen atoms in total. The minimum absolute atomic E-state index is 0.152. The molecule has 0 aliphatic rings. The van der Waals surface area contributed by atoms with Crippen LogP contribution in [0, 0.1) is 0 Å². The third-order valence-electron chi connectivity index (χ3n) is 0.815. The Morgan fingerprint density at radius 2 is 1.69 bits per heavy atom. The molecule has 0 spiro atoms. The molecule has 0 saturated heterocycles. The summed E-state index contributed by atoms with van der Waals surface area (Å²) in [6.45, 7) is 4.73. The van der Waals surface area contributed by atoms with E-state index < -0.39 is 17.7 Å². The maximum atomic E-state index is 11.6. The highest BCUT2D eigenvalue weighted by molar-refractivity contribution is 5.82. The number of carbonyl (C=O) groups excluding carboxylic acids is 1. The van der Waals surface area contributed by atoms with Crippen molar-refractivity contribution in [1.82, 2.24) is 0 Å². The van der Waals surface area contributed by atoms with Crippen molar-refractivity contribution in [3.05, 3.63) is 12.2 Å². The summed E-state index contributed by atoms with van der Waals surface area (Å²) in [6, 6.07) is 0. The van der Waals surface area contributed by atoms with Crippen molar-refractivity contribution in [1.29, 1.82) is 0 Å². The molecule has 0 atom stereocenters. The molecule has 5 heteroatoms. The number of ether oxygens (including phenoxy) is 1. The Hall–Kier alpha value is -1.00. The van der Waals surface area contributed by atoms with Gasteiger partial charge in [-0.3, -0.25) is 0 Å². The van der Waals surface area contributed by atoms with E-state index in [-0.39, 0.29) is 6.08 Å². The van der Waals surface area contributed by atoms with Crippen molar-refractivity contribution >= 4 is 5.97 Å². The Morgan fingerprint density at radius 3 is 2.00 bits per heavy atom. The van der Waals surface area contributed by atoms with E-state index in [0.29, 0.717) is 6.08 Å². The molecule has 0 amide bonds. The molecule has 0 N–H and O–H groups in total. The number of allylic oxidation sites excluding steroid dienone is 1. The van der Waals surface area contributed by atoms with Gasteiger partial charge in [-0.1, -0.05) is 0 Å². The fourth-order valence-corrected chi connectivity index (χ4v) is 0.498. The zero-order valence-electron chi connectivity index (χ0n) is 7.61. The molecule has 0 aromatic heterocycles. The van der Waals surface area contributed by atoms with Gasteiger partial charge in [-0.15, -0.1) is 0 Å². The molecule has 0 aromatic rings. The highest BCUT2D eigenvalue weighted by Crippen LogP contribution is 2.16. The van der Waals surface area contributed by atoms with Crippen molar-refractivity contribution < 1.29 is 22.7 Å². The van der Waals surface area contributed by atoms with Crippen LogP contribution in [0.3, 0.4) is 0 Å². The average molecular weight is 196 g/mol. The lowest BCUT2D eigenvalue weighted by Gasteiger charge is -2.17. The number of alkyl halides is 3. The standard InChI is InChI=1S/C8H11F3O2/c1-7(2,3)13-6(12)4-5-8(9,10)11/h4-5H,1-3H3. The molecule has 0 heterocycles. The second-order valence-corrected chi connectivity index (χ2v) is 3.41. The van der Waals surface area contributed by atoms with Crippen LogP contribution in [-0.2, 0) is 9.53 Å². The van der Waals surface area contributed by atoms with Gasteiger partial charge in [0.2, 0.25) is 0 Å². The van der Waals surface area contributed by atoms with Gasteiger partial charge in [0.1, 0.15) is 5.60 Å². The van der Waals surface area contributed by atoms with E-state index in [1.165, 1.54) is 0 Å². The molecular weight excluding hydrogens is 185 g/mol. The highest BCUT2D eigenvalue weighted by atomic mass is 19.4. The first-order valence-electron chi connectivity index (χ1n) is 3.59. The summed E-state index contributed by atoms with van der Waals surface area (Å²) in [4.78, 5) is 10.7. The molecule has 0 aliphatic carbocycles. The van der Waals surface area contributed by atoms with Gasteiger partial charge < -0.3 is 4.74 Å². The van der Waals surface area contributed by atoms with Crippen LogP contribution >= 0.6 is 0 Å². The maximum absolute atomic E-state index is 11.6. The summed E-state index contributed by atoms with van der Waals surface area (Å²) in [5.41, 5.74) is -0.771. The molecule has 0 saturated carbocycles. The maximum Gasteiger partial charge on any atom is 0.410 e. The molecule has 0 aliphatic heterocycles. The zero-order chi connectivity index (χ0) is 10.7. The topological polar surface area (TPSA) is 26.3 Å². The summed E-state index contributed by atoms with van der Waals surface area (Å²) in [6.07, 6.45) is -4.26. The van der Waals surface area contributed by atoms with E-state index in [9.17, 15) is 18.0 Å². The predicted molar refractivity (Wildman–Crippen MR) is 41.0 cm³/mol. The van der Waals surface area contributed by atoms with Gasteiger partial charge in [0.15, 0.2) is 0 Å².